The normalized spacial score (nSPS) is 21.1. The molecule has 2 atom stereocenters. The SMILES string of the molecule is COc1c2ccc(C(=O)NC3COCC3n3nc(C4CC4)ccc3=O)cc2nn1C. The van der Waals surface area contributed by atoms with E-state index in [1.54, 1.807) is 43.1 Å². The summed E-state index contributed by atoms with van der Waals surface area (Å²) in [6.45, 7) is 0.667. The first-order chi connectivity index (χ1) is 14.5. The molecule has 1 aliphatic carbocycles. The maximum atomic E-state index is 12.9. The predicted molar refractivity (Wildman–Crippen MR) is 109 cm³/mol. The van der Waals surface area contributed by atoms with E-state index in [0.717, 1.165) is 23.9 Å². The molecular formula is C21H23N5O4. The van der Waals surface area contributed by atoms with Crippen molar-refractivity contribution in [3.63, 3.8) is 0 Å². The van der Waals surface area contributed by atoms with Gasteiger partial charge in [0.1, 0.15) is 6.04 Å². The average Bonchev–Trinajstić information content (AvgIpc) is 3.40. The monoisotopic (exact) mass is 409 g/mol. The van der Waals surface area contributed by atoms with Crippen molar-refractivity contribution in [1.29, 1.82) is 0 Å². The summed E-state index contributed by atoms with van der Waals surface area (Å²) in [6.07, 6.45) is 2.21. The number of hydrogen-bond donors (Lipinski definition) is 1. The fraction of sp³-hybridized carbons (Fsp3) is 0.429. The van der Waals surface area contributed by atoms with Gasteiger partial charge in [0.15, 0.2) is 0 Å². The minimum atomic E-state index is -0.342. The molecule has 9 heteroatoms. The maximum Gasteiger partial charge on any atom is 0.267 e. The lowest BCUT2D eigenvalue weighted by molar-refractivity contribution is 0.0924. The lowest BCUT2D eigenvalue weighted by Gasteiger charge is -2.20. The number of amides is 1. The lowest BCUT2D eigenvalue weighted by Crippen LogP contribution is -2.44. The zero-order valence-electron chi connectivity index (χ0n) is 16.9. The minimum absolute atomic E-state index is 0.184. The van der Waals surface area contributed by atoms with E-state index in [4.69, 9.17) is 9.47 Å². The highest BCUT2D eigenvalue weighted by Crippen LogP contribution is 2.38. The van der Waals surface area contributed by atoms with Gasteiger partial charge < -0.3 is 14.8 Å². The van der Waals surface area contributed by atoms with Crippen LogP contribution in [0.1, 0.15) is 40.9 Å². The van der Waals surface area contributed by atoms with Crippen LogP contribution in [-0.4, -0.2) is 51.8 Å². The van der Waals surface area contributed by atoms with E-state index in [-0.39, 0.29) is 23.6 Å². The number of benzene rings is 1. The van der Waals surface area contributed by atoms with Gasteiger partial charge in [0, 0.05) is 24.6 Å². The number of nitrogens with one attached hydrogen (secondary N) is 1. The molecule has 1 aliphatic heterocycles. The van der Waals surface area contributed by atoms with Crippen molar-refractivity contribution in [3.8, 4) is 5.88 Å². The van der Waals surface area contributed by atoms with Gasteiger partial charge in [-0.25, -0.2) is 9.36 Å². The molecule has 2 unspecified atom stereocenters. The summed E-state index contributed by atoms with van der Waals surface area (Å²) < 4.78 is 14.1. The van der Waals surface area contributed by atoms with Gasteiger partial charge in [-0.1, -0.05) is 0 Å². The highest BCUT2D eigenvalue weighted by Gasteiger charge is 2.34. The number of nitrogens with zero attached hydrogens (tertiary/aromatic N) is 4. The van der Waals surface area contributed by atoms with Crippen LogP contribution in [0.15, 0.2) is 35.1 Å². The van der Waals surface area contributed by atoms with Crippen molar-refractivity contribution < 1.29 is 14.3 Å². The Hall–Kier alpha value is -3.20. The van der Waals surface area contributed by atoms with Crippen molar-refractivity contribution in [2.45, 2.75) is 30.8 Å². The van der Waals surface area contributed by atoms with E-state index in [0.29, 0.717) is 36.1 Å². The van der Waals surface area contributed by atoms with E-state index in [2.05, 4.69) is 15.5 Å². The molecule has 0 radical (unpaired) electrons. The molecule has 2 aliphatic rings. The summed E-state index contributed by atoms with van der Waals surface area (Å²) >= 11 is 0. The van der Waals surface area contributed by atoms with Crippen molar-refractivity contribution in [3.05, 3.63) is 51.9 Å². The summed E-state index contributed by atoms with van der Waals surface area (Å²) in [5, 5.41) is 12.8. The Balaban J connectivity index is 1.38. The van der Waals surface area contributed by atoms with Crippen molar-refractivity contribution in [1.82, 2.24) is 24.9 Å². The second-order valence-corrected chi connectivity index (χ2v) is 7.86. The van der Waals surface area contributed by atoms with Crippen LogP contribution in [0.3, 0.4) is 0 Å². The van der Waals surface area contributed by atoms with E-state index in [1.807, 2.05) is 6.07 Å². The molecule has 30 heavy (non-hydrogen) atoms. The molecule has 1 N–H and O–H groups in total. The molecule has 2 aromatic heterocycles. The second-order valence-electron chi connectivity index (χ2n) is 7.86. The Bertz CT molecular complexity index is 1180. The van der Waals surface area contributed by atoms with Gasteiger partial charge in [-0.05, 0) is 37.1 Å². The Morgan fingerprint density at radius 2 is 2.03 bits per heavy atom. The zero-order valence-corrected chi connectivity index (χ0v) is 16.9. The minimum Gasteiger partial charge on any atom is -0.481 e. The van der Waals surface area contributed by atoms with Crippen LogP contribution in [0, 0.1) is 0 Å². The number of fused-ring (bicyclic) bond motifs is 1. The van der Waals surface area contributed by atoms with Gasteiger partial charge in [-0.15, -0.1) is 0 Å². The fourth-order valence-electron chi connectivity index (χ4n) is 4.01. The van der Waals surface area contributed by atoms with Gasteiger partial charge in [0.2, 0.25) is 5.88 Å². The van der Waals surface area contributed by atoms with E-state index in [9.17, 15) is 9.59 Å². The second kappa shape index (κ2) is 7.24. The Morgan fingerprint density at radius 3 is 2.80 bits per heavy atom. The van der Waals surface area contributed by atoms with Gasteiger partial charge in [-0.2, -0.15) is 10.2 Å². The third kappa shape index (κ3) is 3.24. The highest BCUT2D eigenvalue weighted by molar-refractivity contribution is 5.98. The average molecular weight is 409 g/mol. The van der Waals surface area contributed by atoms with Gasteiger partial charge >= 0.3 is 0 Å². The number of aryl methyl sites for hydroxylation is 1. The Kier molecular flexibility index (Phi) is 4.54. The molecule has 9 nitrogen and oxygen atoms in total. The molecule has 3 heterocycles. The van der Waals surface area contributed by atoms with Crippen LogP contribution in [0.2, 0.25) is 0 Å². The summed E-state index contributed by atoms with van der Waals surface area (Å²) in [4.78, 5) is 25.3. The topological polar surface area (TPSA) is 100 Å². The summed E-state index contributed by atoms with van der Waals surface area (Å²) in [7, 11) is 3.38. The van der Waals surface area contributed by atoms with E-state index in [1.165, 1.54) is 4.68 Å². The predicted octanol–water partition coefficient (Wildman–Crippen LogP) is 1.39. The first-order valence-electron chi connectivity index (χ1n) is 10.0. The molecule has 0 bridgehead atoms. The first-order valence-corrected chi connectivity index (χ1v) is 10.0. The Morgan fingerprint density at radius 1 is 1.20 bits per heavy atom. The third-order valence-electron chi connectivity index (χ3n) is 5.76. The molecule has 1 aromatic carbocycles. The number of carbonyl (C=O) groups is 1. The molecule has 1 amide bonds. The number of hydrogen-bond acceptors (Lipinski definition) is 6. The van der Waals surface area contributed by atoms with Gasteiger partial charge in [-0.3, -0.25) is 9.59 Å². The number of ether oxygens (including phenoxy) is 2. The molecule has 0 spiro atoms. The molecule has 1 saturated carbocycles. The molecule has 156 valence electrons. The Labute approximate surface area is 172 Å². The van der Waals surface area contributed by atoms with Gasteiger partial charge in [0.25, 0.3) is 11.5 Å². The summed E-state index contributed by atoms with van der Waals surface area (Å²) in [5.41, 5.74) is 1.91. The molecular weight excluding hydrogens is 386 g/mol. The van der Waals surface area contributed by atoms with Crippen LogP contribution in [-0.2, 0) is 11.8 Å². The van der Waals surface area contributed by atoms with Crippen LogP contribution >= 0.6 is 0 Å². The van der Waals surface area contributed by atoms with Crippen molar-refractivity contribution in [2.75, 3.05) is 20.3 Å². The molecule has 2 fully saturated rings. The molecule has 5 rings (SSSR count). The molecule has 1 saturated heterocycles. The lowest BCUT2D eigenvalue weighted by atomic mass is 10.1. The summed E-state index contributed by atoms with van der Waals surface area (Å²) in [6, 6.07) is 7.98. The van der Waals surface area contributed by atoms with Crippen LogP contribution in [0.5, 0.6) is 5.88 Å². The van der Waals surface area contributed by atoms with Gasteiger partial charge in [0.05, 0.1) is 43.0 Å². The maximum absolute atomic E-state index is 12.9. The molecule has 3 aromatic rings. The largest absolute Gasteiger partial charge is 0.481 e. The quantitative estimate of drug-likeness (QED) is 0.684. The van der Waals surface area contributed by atoms with E-state index < -0.39 is 0 Å². The van der Waals surface area contributed by atoms with Crippen molar-refractivity contribution in [2.24, 2.45) is 7.05 Å². The smallest absolute Gasteiger partial charge is 0.267 e. The number of carbonyl (C=O) groups excluding carboxylic acids is 1. The van der Waals surface area contributed by atoms with Crippen molar-refractivity contribution >= 4 is 16.8 Å². The zero-order chi connectivity index (χ0) is 20.8. The van der Waals surface area contributed by atoms with E-state index >= 15 is 0 Å². The van der Waals surface area contributed by atoms with Crippen LogP contribution in [0.4, 0.5) is 0 Å². The van der Waals surface area contributed by atoms with Crippen LogP contribution < -0.4 is 15.6 Å². The first kappa shape index (κ1) is 18.8. The fourth-order valence-corrected chi connectivity index (χ4v) is 4.01. The number of methoxy groups -OCH3 is 1. The number of rotatable bonds is 5. The standard InChI is InChI=1S/C21H23N5O4/c1-25-21(29-2)14-6-5-13(9-16(14)23-25)20(28)22-17-10-30-11-18(17)26-19(27)8-7-15(24-26)12-3-4-12/h5-9,12,17-18H,3-4,10-11H2,1-2H3,(H,22,28). The third-order valence-corrected chi connectivity index (χ3v) is 5.76. The number of aromatic nitrogens is 4. The highest BCUT2D eigenvalue weighted by atomic mass is 16.5. The summed E-state index contributed by atoms with van der Waals surface area (Å²) in [5.74, 6) is 0.838. The van der Waals surface area contributed by atoms with Crippen LogP contribution in [0.25, 0.3) is 10.9 Å².